The summed E-state index contributed by atoms with van der Waals surface area (Å²) in [4.78, 5) is 21.2. The number of amides is 1. The Kier molecular flexibility index (Phi) is 4.79. The van der Waals surface area contributed by atoms with E-state index < -0.39 is 0 Å². The van der Waals surface area contributed by atoms with E-state index in [2.05, 4.69) is 20.4 Å². The van der Waals surface area contributed by atoms with E-state index in [4.69, 9.17) is 4.74 Å². The molecule has 7 nitrogen and oxygen atoms in total. The molecule has 4 aromatic rings. The number of methoxy groups -OCH3 is 1. The summed E-state index contributed by atoms with van der Waals surface area (Å²) in [6, 6.07) is 16.7. The summed E-state index contributed by atoms with van der Waals surface area (Å²) < 4.78 is 6.73. The zero-order valence-electron chi connectivity index (χ0n) is 15.1. The Morgan fingerprint density at radius 2 is 1.89 bits per heavy atom. The van der Waals surface area contributed by atoms with Crippen molar-refractivity contribution >= 4 is 11.6 Å². The molecule has 0 saturated carbocycles. The lowest BCUT2D eigenvalue weighted by atomic mass is 10.1. The first-order valence-electron chi connectivity index (χ1n) is 8.61. The Labute approximate surface area is 161 Å². The van der Waals surface area contributed by atoms with Gasteiger partial charge in [0.2, 0.25) is 5.88 Å². The molecule has 0 atom stereocenters. The van der Waals surface area contributed by atoms with Gasteiger partial charge in [-0.2, -0.15) is 5.10 Å². The van der Waals surface area contributed by atoms with Gasteiger partial charge in [-0.3, -0.25) is 9.78 Å². The highest BCUT2D eigenvalue weighted by molar-refractivity contribution is 6.08. The van der Waals surface area contributed by atoms with Crippen molar-refractivity contribution in [1.82, 2.24) is 19.7 Å². The van der Waals surface area contributed by atoms with Gasteiger partial charge >= 0.3 is 0 Å². The fraction of sp³-hybridized carbons (Fsp3) is 0.0476. The summed E-state index contributed by atoms with van der Waals surface area (Å²) in [7, 11) is 1.54. The third kappa shape index (κ3) is 3.59. The van der Waals surface area contributed by atoms with Crippen molar-refractivity contribution in [3.8, 4) is 22.8 Å². The molecule has 0 spiro atoms. The number of anilines is 1. The zero-order valence-corrected chi connectivity index (χ0v) is 15.1. The van der Waals surface area contributed by atoms with E-state index in [9.17, 15) is 4.79 Å². The monoisotopic (exact) mass is 371 g/mol. The molecule has 0 unspecified atom stereocenters. The van der Waals surface area contributed by atoms with Crippen molar-refractivity contribution in [1.29, 1.82) is 0 Å². The first-order chi connectivity index (χ1) is 13.7. The number of ether oxygens (including phenoxy) is 1. The number of nitrogens with one attached hydrogen (secondary N) is 1. The van der Waals surface area contributed by atoms with Gasteiger partial charge in [-0.05, 0) is 30.3 Å². The molecule has 3 aromatic heterocycles. The van der Waals surface area contributed by atoms with Crippen LogP contribution in [0.4, 0.5) is 5.69 Å². The molecule has 28 heavy (non-hydrogen) atoms. The second kappa shape index (κ2) is 7.71. The molecular formula is C21H17N5O2. The smallest absolute Gasteiger partial charge is 0.259 e. The molecule has 0 fully saturated rings. The lowest BCUT2D eigenvalue weighted by Crippen LogP contribution is -2.12. The number of carbonyl (C=O) groups is 1. The third-order valence-corrected chi connectivity index (χ3v) is 4.12. The summed E-state index contributed by atoms with van der Waals surface area (Å²) in [5, 5.41) is 7.47. The number of rotatable bonds is 5. The minimum Gasteiger partial charge on any atom is -0.481 e. The van der Waals surface area contributed by atoms with Crippen molar-refractivity contribution in [2.45, 2.75) is 0 Å². The van der Waals surface area contributed by atoms with Crippen molar-refractivity contribution in [2.75, 3.05) is 12.4 Å². The predicted molar refractivity (Wildman–Crippen MR) is 106 cm³/mol. The average Bonchev–Trinajstić information content (AvgIpc) is 3.21. The summed E-state index contributed by atoms with van der Waals surface area (Å²) in [5.41, 5.74) is 3.17. The van der Waals surface area contributed by atoms with Crippen LogP contribution in [0.1, 0.15) is 10.4 Å². The molecule has 1 N–H and O–H groups in total. The van der Waals surface area contributed by atoms with E-state index in [1.165, 1.54) is 0 Å². The number of carbonyl (C=O) groups excluding carboxylic acids is 1. The van der Waals surface area contributed by atoms with Gasteiger partial charge in [0.25, 0.3) is 5.91 Å². The van der Waals surface area contributed by atoms with Gasteiger partial charge in [-0.1, -0.05) is 18.2 Å². The van der Waals surface area contributed by atoms with Gasteiger partial charge in [-0.25, -0.2) is 9.67 Å². The van der Waals surface area contributed by atoms with Crippen LogP contribution in [0.2, 0.25) is 0 Å². The Morgan fingerprint density at radius 3 is 2.57 bits per heavy atom. The van der Waals surface area contributed by atoms with Crippen LogP contribution in [0, 0.1) is 0 Å². The normalized spacial score (nSPS) is 10.5. The van der Waals surface area contributed by atoms with E-state index in [1.54, 1.807) is 48.7 Å². The van der Waals surface area contributed by atoms with Crippen molar-refractivity contribution in [3.63, 3.8) is 0 Å². The predicted octanol–water partition coefficient (Wildman–Crippen LogP) is 3.59. The quantitative estimate of drug-likeness (QED) is 0.580. The van der Waals surface area contributed by atoms with Crippen molar-refractivity contribution in [3.05, 3.63) is 84.9 Å². The maximum absolute atomic E-state index is 13.0. The zero-order chi connectivity index (χ0) is 19.3. The van der Waals surface area contributed by atoms with E-state index in [0.29, 0.717) is 22.8 Å². The molecule has 0 aliphatic carbocycles. The maximum atomic E-state index is 13.0. The van der Waals surface area contributed by atoms with E-state index >= 15 is 0 Å². The minimum atomic E-state index is -0.284. The first kappa shape index (κ1) is 17.4. The second-order valence-electron chi connectivity index (χ2n) is 5.96. The van der Waals surface area contributed by atoms with Crippen molar-refractivity contribution < 1.29 is 9.53 Å². The molecule has 0 radical (unpaired) electrons. The first-order valence-corrected chi connectivity index (χ1v) is 8.61. The van der Waals surface area contributed by atoms with Crippen LogP contribution in [0.15, 0.2) is 79.4 Å². The Morgan fingerprint density at radius 1 is 1.04 bits per heavy atom. The molecule has 0 aliphatic heterocycles. The van der Waals surface area contributed by atoms with Crippen molar-refractivity contribution in [2.24, 2.45) is 0 Å². The average molecular weight is 371 g/mol. The third-order valence-electron chi connectivity index (χ3n) is 4.12. The van der Waals surface area contributed by atoms with Gasteiger partial charge in [0.15, 0.2) is 0 Å². The minimum absolute atomic E-state index is 0.284. The molecule has 1 amide bonds. The summed E-state index contributed by atoms with van der Waals surface area (Å²) >= 11 is 0. The Balaban J connectivity index is 1.71. The number of aromatic nitrogens is 4. The molecule has 0 bridgehead atoms. The second-order valence-corrected chi connectivity index (χ2v) is 5.96. The van der Waals surface area contributed by atoms with Crippen LogP contribution in [-0.4, -0.2) is 32.8 Å². The van der Waals surface area contributed by atoms with Gasteiger partial charge in [0.1, 0.15) is 5.69 Å². The van der Waals surface area contributed by atoms with Gasteiger partial charge in [0.05, 0.1) is 30.2 Å². The molecule has 138 valence electrons. The Bertz CT molecular complexity index is 1080. The standard InChI is InChI=1S/C21H17N5O2/c1-28-19-10-9-16(13-23-19)24-21(27)18-14-26(17-7-3-2-4-8-17)25-20(18)15-6-5-11-22-12-15/h2-14H,1H3,(H,24,27). The molecule has 3 heterocycles. The highest BCUT2D eigenvalue weighted by atomic mass is 16.5. The molecule has 7 heteroatoms. The van der Waals surface area contributed by atoms with Gasteiger partial charge < -0.3 is 10.1 Å². The number of para-hydroxylation sites is 1. The molecule has 0 saturated heterocycles. The lowest BCUT2D eigenvalue weighted by molar-refractivity contribution is 0.102. The largest absolute Gasteiger partial charge is 0.481 e. The number of nitrogens with zero attached hydrogens (tertiary/aromatic N) is 4. The van der Waals surface area contributed by atoms with E-state index in [0.717, 1.165) is 11.3 Å². The highest BCUT2D eigenvalue weighted by Gasteiger charge is 2.19. The summed E-state index contributed by atoms with van der Waals surface area (Å²) in [5.74, 6) is 0.193. The van der Waals surface area contributed by atoms with Crippen LogP contribution in [0.5, 0.6) is 5.88 Å². The van der Waals surface area contributed by atoms with Gasteiger partial charge in [-0.15, -0.1) is 0 Å². The lowest BCUT2D eigenvalue weighted by Gasteiger charge is -2.05. The molecule has 4 rings (SSSR count). The molecule has 0 aliphatic rings. The highest BCUT2D eigenvalue weighted by Crippen LogP contribution is 2.24. The fourth-order valence-electron chi connectivity index (χ4n) is 2.74. The topological polar surface area (TPSA) is 81.9 Å². The van der Waals surface area contributed by atoms with Crippen LogP contribution in [0.3, 0.4) is 0 Å². The number of hydrogen-bond donors (Lipinski definition) is 1. The summed E-state index contributed by atoms with van der Waals surface area (Å²) in [6.07, 6.45) is 6.62. The van der Waals surface area contributed by atoms with Gasteiger partial charge in [0, 0.05) is 30.2 Å². The number of pyridine rings is 2. The SMILES string of the molecule is COc1ccc(NC(=O)c2cn(-c3ccccc3)nc2-c2cccnc2)cn1. The summed E-state index contributed by atoms with van der Waals surface area (Å²) in [6.45, 7) is 0. The maximum Gasteiger partial charge on any atom is 0.259 e. The van der Waals surface area contributed by atoms with Crippen LogP contribution in [-0.2, 0) is 0 Å². The van der Waals surface area contributed by atoms with Crippen LogP contribution >= 0.6 is 0 Å². The van der Waals surface area contributed by atoms with E-state index in [-0.39, 0.29) is 5.91 Å². The van der Waals surface area contributed by atoms with Crippen LogP contribution in [0.25, 0.3) is 16.9 Å². The molecule has 1 aromatic carbocycles. The van der Waals surface area contributed by atoms with E-state index in [1.807, 2.05) is 42.5 Å². The molecular weight excluding hydrogens is 354 g/mol. The number of hydrogen-bond acceptors (Lipinski definition) is 5. The Hall–Kier alpha value is -4.00. The fourth-order valence-corrected chi connectivity index (χ4v) is 2.74. The number of benzene rings is 1. The van der Waals surface area contributed by atoms with Crippen LogP contribution < -0.4 is 10.1 Å².